The van der Waals surface area contributed by atoms with Crippen molar-refractivity contribution in [3.63, 3.8) is 0 Å². The summed E-state index contributed by atoms with van der Waals surface area (Å²) in [4.78, 5) is 2.43. The van der Waals surface area contributed by atoms with Crippen molar-refractivity contribution >= 4 is 16.5 Å². The highest BCUT2D eigenvalue weighted by molar-refractivity contribution is 7.15. The maximum absolute atomic E-state index is 4.06. The summed E-state index contributed by atoms with van der Waals surface area (Å²) in [7, 11) is 2.21. The molecule has 0 aliphatic carbocycles. The number of hydrogen-bond donors (Lipinski definition) is 1. The zero-order valence-electron chi connectivity index (χ0n) is 9.36. The Morgan fingerprint density at radius 3 is 3.00 bits per heavy atom. The van der Waals surface area contributed by atoms with Gasteiger partial charge in [0.05, 0.1) is 0 Å². The molecule has 84 valence electrons. The minimum Gasteiger partial charge on any atom is -0.359 e. The Hall–Kier alpha value is -0.680. The number of hydrogen-bond acceptors (Lipinski definition) is 5. The Balaban J connectivity index is 1.81. The van der Waals surface area contributed by atoms with Crippen molar-refractivity contribution in [2.45, 2.75) is 32.2 Å². The third-order valence-corrected chi connectivity index (χ3v) is 3.73. The molecule has 0 radical (unpaired) electrons. The van der Waals surface area contributed by atoms with Crippen molar-refractivity contribution in [2.75, 3.05) is 25.5 Å². The van der Waals surface area contributed by atoms with Crippen molar-refractivity contribution in [1.82, 2.24) is 15.1 Å². The summed E-state index contributed by atoms with van der Waals surface area (Å²) in [5.74, 6) is 0. The molecule has 1 N–H and O–H groups in total. The lowest BCUT2D eigenvalue weighted by atomic mass is 10.0. The summed E-state index contributed by atoms with van der Waals surface area (Å²) >= 11 is 1.63. The highest BCUT2D eigenvalue weighted by atomic mass is 32.1. The van der Waals surface area contributed by atoms with Crippen LogP contribution in [0.2, 0.25) is 0 Å². The lowest BCUT2D eigenvalue weighted by molar-refractivity contribution is 0.194. The van der Waals surface area contributed by atoms with Crippen LogP contribution in [0.4, 0.5) is 5.13 Å². The number of likely N-dealkylation sites (N-methyl/N-ethyl adjacent to an activating group) is 1. The second-order valence-corrected chi connectivity index (χ2v) is 5.32. The quantitative estimate of drug-likeness (QED) is 0.852. The number of aryl methyl sites for hydroxylation is 1. The van der Waals surface area contributed by atoms with Gasteiger partial charge in [-0.25, -0.2) is 0 Å². The normalized spacial score (nSPS) is 22.9. The van der Waals surface area contributed by atoms with E-state index in [1.807, 2.05) is 6.92 Å². The zero-order chi connectivity index (χ0) is 10.7. The molecular weight excluding hydrogens is 208 g/mol. The smallest absolute Gasteiger partial charge is 0.205 e. The largest absolute Gasteiger partial charge is 0.359 e. The summed E-state index contributed by atoms with van der Waals surface area (Å²) in [6.45, 7) is 4.20. The first kappa shape index (κ1) is 10.8. The third kappa shape index (κ3) is 2.89. The molecule has 0 amide bonds. The van der Waals surface area contributed by atoms with Gasteiger partial charge in [-0.1, -0.05) is 17.8 Å². The average Bonchev–Trinajstić information content (AvgIpc) is 2.63. The van der Waals surface area contributed by atoms with E-state index in [4.69, 9.17) is 0 Å². The Kier molecular flexibility index (Phi) is 3.53. The van der Waals surface area contributed by atoms with Gasteiger partial charge in [0, 0.05) is 12.6 Å². The lowest BCUT2D eigenvalue weighted by Gasteiger charge is -2.32. The summed E-state index contributed by atoms with van der Waals surface area (Å²) in [6.07, 6.45) is 3.98. The second-order valence-electron chi connectivity index (χ2n) is 4.14. The van der Waals surface area contributed by atoms with Crippen LogP contribution in [-0.2, 0) is 0 Å². The molecule has 1 aliphatic rings. The molecule has 1 unspecified atom stereocenters. The molecule has 0 saturated carbocycles. The molecule has 15 heavy (non-hydrogen) atoms. The maximum Gasteiger partial charge on any atom is 0.205 e. The number of anilines is 1. The molecule has 1 saturated heterocycles. The summed E-state index contributed by atoms with van der Waals surface area (Å²) < 4.78 is 0. The van der Waals surface area contributed by atoms with Gasteiger partial charge in [-0.05, 0) is 33.4 Å². The minimum atomic E-state index is 0.656. The fourth-order valence-corrected chi connectivity index (χ4v) is 2.57. The van der Waals surface area contributed by atoms with Crippen LogP contribution in [-0.4, -0.2) is 41.3 Å². The molecule has 1 aliphatic heterocycles. The topological polar surface area (TPSA) is 41.1 Å². The van der Waals surface area contributed by atoms with E-state index < -0.39 is 0 Å². The molecule has 1 fully saturated rings. The van der Waals surface area contributed by atoms with Crippen molar-refractivity contribution in [3.8, 4) is 0 Å². The first-order valence-corrected chi connectivity index (χ1v) is 6.31. The molecule has 5 heteroatoms. The third-order valence-electron chi connectivity index (χ3n) is 2.94. The molecule has 2 rings (SSSR count). The first-order chi connectivity index (χ1) is 7.25. The SMILES string of the molecule is Cc1nnc(NCC2CCCCN2C)s1. The lowest BCUT2D eigenvalue weighted by Crippen LogP contribution is -2.40. The van der Waals surface area contributed by atoms with Gasteiger partial charge in [0.15, 0.2) is 0 Å². The van der Waals surface area contributed by atoms with Crippen LogP contribution >= 0.6 is 11.3 Å². The maximum atomic E-state index is 4.06. The van der Waals surface area contributed by atoms with Crippen LogP contribution in [0.25, 0.3) is 0 Å². The van der Waals surface area contributed by atoms with E-state index in [9.17, 15) is 0 Å². The molecule has 1 atom stereocenters. The van der Waals surface area contributed by atoms with Crippen molar-refractivity contribution in [1.29, 1.82) is 0 Å². The molecule has 2 heterocycles. The fourth-order valence-electron chi connectivity index (χ4n) is 1.98. The van der Waals surface area contributed by atoms with Crippen LogP contribution in [0.5, 0.6) is 0 Å². The Morgan fingerprint density at radius 1 is 1.47 bits per heavy atom. The molecular formula is C10H18N4S. The first-order valence-electron chi connectivity index (χ1n) is 5.50. The van der Waals surface area contributed by atoms with Gasteiger partial charge >= 0.3 is 0 Å². The molecule has 1 aromatic rings. The molecule has 1 aromatic heterocycles. The Morgan fingerprint density at radius 2 is 2.33 bits per heavy atom. The van der Waals surface area contributed by atoms with Crippen LogP contribution in [0, 0.1) is 6.92 Å². The minimum absolute atomic E-state index is 0.656. The van der Waals surface area contributed by atoms with E-state index in [1.165, 1.54) is 25.8 Å². The van der Waals surface area contributed by atoms with Crippen molar-refractivity contribution < 1.29 is 0 Å². The number of rotatable bonds is 3. The molecule has 4 nitrogen and oxygen atoms in total. The molecule has 0 spiro atoms. The predicted molar refractivity (Wildman–Crippen MR) is 63.4 cm³/mol. The van der Waals surface area contributed by atoms with Gasteiger partial charge in [-0.15, -0.1) is 10.2 Å². The standard InChI is InChI=1S/C10H18N4S/c1-8-12-13-10(15-8)11-7-9-5-3-4-6-14(9)2/h9H,3-7H2,1-2H3,(H,11,13). The van der Waals surface area contributed by atoms with Crippen molar-refractivity contribution in [2.24, 2.45) is 0 Å². The molecule has 0 bridgehead atoms. The second kappa shape index (κ2) is 4.90. The van der Waals surface area contributed by atoms with Gasteiger partial charge in [-0.2, -0.15) is 0 Å². The van der Waals surface area contributed by atoms with Crippen LogP contribution in [0.15, 0.2) is 0 Å². The van der Waals surface area contributed by atoms with E-state index in [0.29, 0.717) is 6.04 Å². The van der Waals surface area contributed by atoms with Gasteiger partial charge in [0.1, 0.15) is 5.01 Å². The fraction of sp³-hybridized carbons (Fsp3) is 0.800. The van der Waals surface area contributed by atoms with Gasteiger partial charge in [0.25, 0.3) is 0 Å². The van der Waals surface area contributed by atoms with E-state index in [0.717, 1.165) is 16.7 Å². The Labute approximate surface area is 94.7 Å². The predicted octanol–water partition coefficient (Wildman–Crippen LogP) is 1.74. The van der Waals surface area contributed by atoms with Crippen LogP contribution in [0.3, 0.4) is 0 Å². The van der Waals surface area contributed by atoms with E-state index in [2.05, 4.69) is 27.5 Å². The van der Waals surface area contributed by atoms with E-state index in [1.54, 1.807) is 11.3 Å². The van der Waals surface area contributed by atoms with Gasteiger partial charge in [-0.3, -0.25) is 0 Å². The number of aromatic nitrogens is 2. The van der Waals surface area contributed by atoms with E-state index in [-0.39, 0.29) is 0 Å². The monoisotopic (exact) mass is 226 g/mol. The highest BCUT2D eigenvalue weighted by Gasteiger charge is 2.18. The number of piperidine rings is 1. The summed E-state index contributed by atoms with van der Waals surface area (Å²) in [5, 5.41) is 13.4. The summed E-state index contributed by atoms with van der Waals surface area (Å²) in [5.41, 5.74) is 0. The number of nitrogens with zero attached hydrogens (tertiary/aromatic N) is 3. The van der Waals surface area contributed by atoms with Crippen LogP contribution < -0.4 is 5.32 Å². The Bertz CT molecular complexity index is 312. The summed E-state index contributed by atoms with van der Waals surface area (Å²) in [6, 6.07) is 0.656. The zero-order valence-corrected chi connectivity index (χ0v) is 10.2. The van der Waals surface area contributed by atoms with Gasteiger partial charge < -0.3 is 10.2 Å². The number of nitrogens with one attached hydrogen (secondary N) is 1. The average molecular weight is 226 g/mol. The van der Waals surface area contributed by atoms with E-state index >= 15 is 0 Å². The van der Waals surface area contributed by atoms with Crippen molar-refractivity contribution in [3.05, 3.63) is 5.01 Å². The number of likely N-dealkylation sites (tertiary alicyclic amines) is 1. The van der Waals surface area contributed by atoms with Crippen LogP contribution in [0.1, 0.15) is 24.3 Å². The molecule has 0 aromatic carbocycles. The van der Waals surface area contributed by atoms with Gasteiger partial charge in [0.2, 0.25) is 5.13 Å². The highest BCUT2D eigenvalue weighted by Crippen LogP contribution is 2.17.